The number of thiophene rings is 1. The predicted octanol–water partition coefficient (Wildman–Crippen LogP) is 4.20. The molecular weight excluding hydrogens is 329 g/mol. The van der Waals surface area contributed by atoms with Crippen molar-refractivity contribution in [3.05, 3.63) is 19.9 Å². The second-order valence-electron chi connectivity index (χ2n) is 3.79. The second-order valence-corrected chi connectivity index (χ2v) is 6.59. The van der Waals surface area contributed by atoms with Gasteiger partial charge in [0.1, 0.15) is 0 Å². The van der Waals surface area contributed by atoms with Gasteiger partial charge in [0.05, 0.1) is 2.88 Å². The Kier molecular flexibility index (Phi) is 7.10. The number of halogens is 1. The van der Waals surface area contributed by atoms with Crippen molar-refractivity contribution in [3.8, 4) is 12.3 Å². The lowest BCUT2D eigenvalue weighted by molar-refractivity contribution is 0.488. The molecular formula is C13H18INS. The van der Waals surface area contributed by atoms with E-state index in [0.717, 1.165) is 25.8 Å². The third-order valence-electron chi connectivity index (χ3n) is 2.44. The van der Waals surface area contributed by atoms with Gasteiger partial charge in [-0.3, -0.25) is 0 Å². The van der Waals surface area contributed by atoms with Crippen LogP contribution < -0.4 is 5.32 Å². The van der Waals surface area contributed by atoms with Gasteiger partial charge in [0.25, 0.3) is 0 Å². The standard InChI is InChI=1S/C13H18INS/c1-3-5-6-7-12(15-8-4-2)11-9-13(14)16-10-11/h1,9-10,12,15H,4-8H2,2H3. The summed E-state index contributed by atoms with van der Waals surface area (Å²) in [5.74, 6) is 2.71. The largest absolute Gasteiger partial charge is 0.310 e. The van der Waals surface area contributed by atoms with E-state index in [2.05, 4.69) is 52.2 Å². The molecule has 1 N–H and O–H groups in total. The van der Waals surface area contributed by atoms with E-state index in [-0.39, 0.29) is 0 Å². The van der Waals surface area contributed by atoms with Crippen LogP contribution >= 0.6 is 33.9 Å². The van der Waals surface area contributed by atoms with Crippen molar-refractivity contribution in [2.45, 2.75) is 38.6 Å². The Labute approximate surface area is 116 Å². The Balaban J connectivity index is 2.53. The first-order valence-electron chi connectivity index (χ1n) is 5.68. The predicted molar refractivity (Wildman–Crippen MR) is 80.8 cm³/mol. The van der Waals surface area contributed by atoms with Gasteiger partial charge < -0.3 is 5.32 Å². The molecule has 3 heteroatoms. The molecule has 1 atom stereocenters. The molecule has 0 radical (unpaired) electrons. The molecule has 1 unspecified atom stereocenters. The van der Waals surface area contributed by atoms with Crippen molar-refractivity contribution in [2.75, 3.05) is 6.54 Å². The van der Waals surface area contributed by atoms with Gasteiger partial charge in [-0.2, -0.15) is 0 Å². The summed E-state index contributed by atoms with van der Waals surface area (Å²) in [5, 5.41) is 5.85. The van der Waals surface area contributed by atoms with Gasteiger partial charge in [0.15, 0.2) is 0 Å². The lowest BCUT2D eigenvalue weighted by Crippen LogP contribution is -2.21. The Bertz CT molecular complexity index is 340. The molecule has 16 heavy (non-hydrogen) atoms. The van der Waals surface area contributed by atoms with E-state index in [0.29, 0.717) is 6.04 Å². The number of hydrogen-bond donors (Lipinski definition) is 1. The first-order chi connectivity index (χ1) is 7.77. The van der Waals surface area contributed by atoms with Crippen molar-refractivity contribution in [1.82, 2.24) is 5.32 Å². The van der Waals surface area contributed by atoms with Crippen LogP contribution in [0.1, 0.15) is 44.2 Å². The number of unbranched alkanes of at least 4 members (excludes halogenated alkanes) is 1. The van der Waals surface area contributed by atoms with Crippen LogP contribution in [-0.4, -0.2) is 6.54 Å². The summed E-state index contributed by atoms with van der Waals surface area (Å²) in [6.45, 7) is 3.27. The normalized spacial score (nSPS) is 12.3. The average molecular weight is 347 g/mol. The van der Waals surface area contributed by atoms with Crippen molar-refractivity contribution in [2.24, 2.45) is 0 Å². The molecule has 0 aliphatic heterocycles. The smallest absolute Gasteiger partial charge is 0.0656 e. The average Bonchev–Trinajstić information content (AvgIpc) is 2.70. The summed E-state index contributed by atoms with van der Waals surface area (Å²) in [6.07, 6.45) is 9.58. The minimum atomic E-state index is 0.480. The van der Waals surface area contributed by atoms with Gasteiger partial charge in [-0.15, -0.1) is 23.7 Å². The zero-order chi connectivity index (χ0) is 11.8. The molecule has 0 aliphatic carbocycles. The van der Waals surface area contributed by atoms with Crippen LogP contribution in [-0.2, 0) is 0 Å². The Hall–Kier alpha value is -0.0500. The quantitative estimate of drug-likeness (QED) is 0.443. The van der Waals surface area contributed by atoms with Crippen molar-refractivity contribution < 1.29 is 0 Å². The zero-order valence-corrected chi connectivity index (χ0v) is 12.6. The van der Waals surface area contributed by atoms with Crippen LogP contribution in [0.2, 0.25) is 0 Å². The van der Waals surface area contributed by atoms with E-state index >= 15 is 0 Å². The molecule has 1 rings (SSSR count). The van der Waals surface area contributed by atoms with Crippen molar-refractivity contribution in [1.29, 1.82) is 0 Å². The first kappa shape index (κ1) is 14.0. The molecule has 0 amide bonds. The van der Waals surface area contributed by atoms with Crippen LogP contribution in [0, 0.1) is 15.2 Å². The monoisotopic (exact) mass is 347 g/mol. The van der Waals surface area contributed by atoms with E-state index in [9.17, 15) is 0 Å². The lowest BCUT2D eigenvalue weighted by Gasteiger charge is -2.16. The summed E-state index contributed by atoms with van der Waals surface area (Å²) in [5.41, 5.74) is 1.42. The lowest BCUT2D eigenvalue weighted by atomic mass is 10.0. The van der Waals surface area contributed by atoms with Crippen LogP contribution in [0.3, 0.4) is 0 Å². The highest BCUT2D eigenvalue weighted by Gasteiger charge is 2.11. The van der Waals surface area contributed by atoms with Gasteiger partial charge in [-0.05, 0) is 65.4 Å². The number of nitrogens with one attached hydrogen (secondary N) is 1. The van der Waals surface area contributed by atoms with Gasteiger partial charge >= 0.3 is 0 Å². The fourth-order valence-electron chi connectivity index (χ4n) is 1.62. The van der Waals surface area contributed by atoms with E-state index in [4.69, 9.17) is 6.42 Å². The fraction of sp³-hybridized carbons (Fsp3) is 0.538. The topological polar surface area (TPSA) is 12.0 Å². The molecule has 0 aliphatic rings. The van der Waals surface area contributed by atoms with Gasteiger partial charge in [-0.1, -0.05) is 6.92 Å². The maximum absolute atomic E-state index is 5.29. The molecule has 1 heterocycles. The second kappa shape index (κ2) is 8.10. The molecule has 1 aromatic heterocycles. The van der Waals surface area contributed by atoms with Crippen LogP contribution in [0.15, 0.2) is 11.4 Å². The van der Waals surface area contributed by atoms with Gasteiger partial charge in [0.2, 0.25) is 0 Å². The summed E-state index contributed by atoms with van der Waals surface area (Å²) >= 11 is 4.19. The summed E-state index contributed by atoms with van der Waals surface area (Å²) < 4.78 is 1.35. The first-order valence-corrected chi connectivity index (χ1v) is 7.64. The Morgan fingerprint density at radius 3 is 3.00 bits per heavy atom. The van der Waals surface area contributed by atoms with E-state index in [1.807, 2.05) is 11.3 Å². The highest BCUT2D eigenvalue weighted by atomic mass is 127. The molecule has 0 fully saturated rings. The Morgan fingerprint density at radius 1 is 1.62 bits per heavy atom. The molecule has 0 saturated carbocycles. The molecule has 0 aromatic carbocycles. The molecule has 88 valence electrons. The molecule has 1 aromatic rings. The highest BCUT2D eigenvalue weighted by molar-refractivity contribution is 14.1. The summed E-state index contributed by atoms with van der Waals surface area (Å²) in [4.78, 5) is 0. The third kappa shape index (κ3) is 4.86. The number of rotatable bonds is 7. The molecule has 0 bridgehead atoms. The number of terminal acetylenes is 1. The van der Waals surface area contributed by atoms with Crippen molar-refractivity contribution >= 4 is 33.9 Å². The van der Waals surface area contributed by atoms with Crippen LogP contribution in [0.5, 0.6) is 0 Å². The fourth-order valence-corrected chi connectivity index (χ4v) is 3.05. The highest BCUT2D eigenvalue weighted by Crippen LogP contribution is 2.25. The minimum Gasteiger partial charge on any atom is -0.310 e. The maximum Gasteiger partial charge on any atom is 0.0656 e. The van der Waals surface area contributed by atoms with E-state index in [1.165, 1.54) is 14.9 Å². The zero-order valence-electron chi connectivity index (χ0n) is 9.63. The molecule has 1 nitrogen and oxygen atoms in total. The van der Waals surface area contributed by atoms with Crippen LogP contribution in [0.25, 0.3) is 0 Å². The van der Waals surface area contributed by atoms with Crippen molar-refractivity contribution in [3.63, 3.8) is 0 Å². The molecule has 0 spiro atoms. The van der Waals surface area contributed by atoms with E-state index < -0.39 is 0 Å². The minimum absolute atomic E-state index is 0.480. The van der Waals surface area contributed by atoms with E-state index in [1.54, 1.807) is 0 Å². The van der Waals surface area contributed by atoms with Crippen LogP contribution in [0.4, 0.5) is 0 Å². The molecule has 0 saturated heterocycles. The maximum atomic E-state index is 5.29. The third-order valence-corrected chi connectivity index (χ3v) is 4.25. The Morgan fingerprint density at radius 2 is 2.44 bits per heavy atom. The van der Waals surface area contributed by atoms with Gasteiger partial charge in [0, 0.05) is 12.5 Å². The summed E-state index contributed by atoms with van der Waals surface area (Å²) in [6, 6.07) is 2.75. The van der Waals surface area contributed by atoms with Gasteiger partial charge in [-0.25, -0.2) is 0 Å². The SMILES string of the molecule is C#CCCCC(NCCC)c1csc(I)c1. The number of hydrogen-bond acceptors (Lipinski definition) is 2. The summed E-state index contributed by atoms with van der Waals surface area (Å²) in [7, 11) is 0.